The molecule has 0 spiro atoms. The van der Waals surface area contributed by atoms with Gasteiger partial charge in [0.1, 0.15) is 0 Å². The molecule has 0 radical (unpaired) electrons. The van der Waals surface area contributed by atoms with E-state index in [9.17, 15) is 4.79 Å². The van der Waals surface area contributed by atoms with Crippen molar-refractivity contribution in [3.05, 3.63) is 33.8 Å². The number of nitrogens with zero attached hydrogens (tertiary/aromatic N) is 2. The summed E-state index contributed by atoms with van der Waals surface area (Å²) in [7, 11) is 2.18. The van der Waals surface area contributed by atoms with Crippen molar-refractivity contribution < 1.29 is 4.79 Å². The molecule has 1 aromatic rings. The molecule has 2 fully saturated rings. The van der Waals surface area contributed by atoms with Gasteiger partial charge in [0.2, 0.25) is 5.91 Å². The Morgan fingerprint density at radius 3 is 2.33 bits per heavy atom. The first kappa shape index (κ1) is 20.9. The number of hydrogen-bond donors (Lipinski definition) is 1. The number of rotatable bonds is 6. The van der Waals surface area contributed by atoms with Gasteiger partial charge in [-0.3, -0.25) is 9.69 Å². The van der Waals surface area contributed by atoms with E-state index in [4.69, 9.17) is 23.2 Å². The molecule has 150 valence electrons. The summed E-state index contributed by atoms with van der Waals surface area (Å²) in [5.74, 6) is 1.14. The van der Waals surface area contributed by atoms with E-state index in [-0.39, 0.29) is 11.8 Å². The van der Waals surface area contributed by atoms with Crippen LogP contribution in [0.1, 0.15) is 37.7 Å². The van der Waals surface area contributed by atoms with Crippen LogP contribution in [-0.2, 0) is 11.3 Å². The molecule has 2 aliphatic rings. The van der Waals surface area contributed by atoms with Crippen molar-refractivity contribution in [3.63, 3.8) is 0 Å². The molecule has 6 heteroatoms. The molecule has 0 saturated carbocycles. The normalized spacial score (nSPS) is 20.7. The molecule has 3 rings (SSSR count). The number of likely N-dealkylation sites (tertiary alicyclic amines) is 2. The Bertz CT molecular complexity index is 604. The summed E-state index contributed by atoms with van der Waals surface area (Å²) in [6.07, 6.45) is 5.44. The number of piperidine rings is 2. The molecular weight excluding hydrogens is 381 g/mol. The van der Waals surface area contributed by atoms with Crippen molar-refractivity contribution in [2.45, 2.75) is 38.6 Å². The molecule has 4 nitrogen and oxygen atoms in total. The van der Waals surface area contributed by atoms with Crippen LogP contribution in [-0.4, -0.2) is 55.5 Å². The quantitative estimate of drug-likeness (QED) is 0.766. The van der Waals surface area contributed by atoms with Crippen LogP contribution in [0.3, 0.4) is 0 Å². The fraction of sp³-hybridized carbons (Fsp3) is 0.667. The molecular formula is C21H31Cl2N3O. The van der Waals surface area contributed by atoms with E-state index in [2.05, 4.69) is 22.2 Å². The lowest BCUT2D eigenvalue weighted by molar-refractivity contribution is -0.126. The predicted molar refractivity (Wildman–Crippen MR) is 112 cm³/mol. The van der Waals surface area contributed by atoms with Crippen LogP contribution in [0.5, 0.6) is 0 Å². The summed E-state index contributed by atoms with van der Waals surface area (Å²) >= 11 is 12.6. The zero-order valence-electron chi connectivity index (χ0n) is 16.2. The Balaban J connectivity index is 1.36. The second-order valence-corrected chi connectivity index (χ2v) is 8.89. The minimum atomic E-state index is 0.139. The monoisotopic (exact) mass is 411 g/mol. The Labute approximate surface area is 173 Å². The van der Waals surface area contributed by atoms with E-state index in [1.165, 1.54) is 25.9 Å². The number of carbonyl (C=O) groups is 1. The number of halogens is 2. The topological polar surface area (TPSA) is 35.6 Å². The SMILES string of the molecule is CN1CCC(CCNC(=O)C2CCN(Cc3c(Cl)cccc3Cl)CC2)CC1. The molecule has 2 saturated heterocycles. The first-order valence-corrected chi connectivity index (χ1v) is 10.9. The van der Waals surface area contributed by atoms with Gasteiger partial charge in [-0.1, -0.05) is 29.3 Å². The first-order chi connectivity index (χ1) is 13.0. The first-order valence-electron chi connectivity index (χ1n) is 10.1. The van der Waals surface area contributed by atoms with Crippen LogP contribution in [0.15, 0.2) is 18.2 Å². The summed E-state index contributed by atoms with van der Waals surface area (Å²) in [5, 5.41) is 4.62. The van der Waals surface area contributed by atoms with Crippen molar-refractivity contribution in [2.75, 3.05) is 39.8 Å². The number of hydrogen-bond acceptors (Lipinski definition) is 3. The molecule has 0 atom stereocenters. The van der Waals surface area contributed by atoms with Gasteiger partial charge in [0, 0.05) is 34.6 Å². The number of benzene rings is 1. The predicted octanol–water partition coefficient (Wildman–Crippen LogP) is 4.05. The van der Waals surface area contributed by atoms with E-state index < -0.39 is 0 Å². The second kappa shape index (κ2) is 10.1. The molecule has 1 aromatic carbocycles. The van der Waals surface area contributed by atoms with Gasteiger partial charge in [0.05, 0.1) is 0 Å². The van der Waals surface area contributed by atoms with Crippen molar-refractivity contribution in [2.24, 2.45) is 11.8 Å². The molecule has 0 aromatic heterocycles. The number of nitrogens with one attached hydrogen (secondary N) is 1. The average molecular weight is 412 g/mol. The van der Waals surface area contributed by atoms with Crippen LogP contribution in [0.2, 0.25) is 10.0 Å². The fourth-order valence-electron chi connectivity index (χ4n) is 4.15. The van der Waals surface area contributed by atoms with E-state index in [1.807, 2.05) is 18.2 Å². The van der Waals surface area contributed by atoms with Gasteiger partial charge in [-0.05, 0) is 83.4 Å². The highest BCUT2D eigenvalue weighted by Crippen LogP contribution is 2.28. The fourth-order valence-corrected chi connectivity index (χ4v) is 4.67. The molecule has 0 unspecified atom stereocenters. The van der Waals surface area contributed by atoms with Crippen LogP contribution in [0.25, 0.3) is 0 Å². The van der Waals surface area contributed by atoms with E-state index in [1.54, 1.807) is 0 Å². The zero-order chi connectivity index (χ0) is 19.2. The van der Waals surface area contributed by atoms with Crippen LogP contribution in [0.4, 0.5) is 0 Å². The third-order valence-electron chi connectivity index (χ3n) is 6.09. The Morgan fingerprint density at radius 1 is 1.07 bits per heavy atom. The van der Waals surface area contributed by atoms with Gasteiger partial charge in [0.25, 0.3) is 0 Å². The largest absolute Gasteiger partial charge is 0.356 e. The highest BCUT2D eigenvalue weighted by Gasteiger charge is 2.26. The lowest BCUT2D eigenvalue weighted by atomic mass is 9.93. The number of amides is 1. The highest BCUT2D eigenvalue weighted by molar-refractivity contribution is 6.35. The Kier molecular flexibility index (Phi) is 7.83. The van der Waals surface area contributed by atoms with Crippen molar-refractivity contribution in [1.29, 1.82) is 0 Å². The van der Waals surface area contributed by atoms with Crippen LogP contribution >= 0.6 is 23.2 Å². The molecule has 0 aliphatic carbocycles. The minimum absolute atomic E-state index is 0.139. The zero-order valence-corrected chi connectivity index (χ0v) is 17.7. The maximum absolute atomic E-state index is 12.5. The molecule has 2 heterocycles. The highest BCUT2D eigenvalue weighted by atomic mass is 35.5. The smallest absolute Gasteiger partial charge is 0.223 e. The molecule has 27 heavy (non-hydrogen) atoms. The molecule has 1 N–H and O–H groups in total. The Morgan fingerprint density at radius 2 is 1.70 bits per heavy atom. The van der Waals surface area contributed by atoms with Crippen molar-refractivity contribution in [3.8, 4) is 0 Å². The van der Waals surface area contributed by atoms with E-state index >= 15 is 0 Å². The van der Waals surface area contributed by atoms with Crippen molar-refractivity contribution >= 4 is 29.1 Å². The maximum atomic E-state index is 12.5. The van der Waals surface area contributed by atoms with Gasteiger partial charge in [-0.15, -0.1) is 0 Å². The summed E-state index contributed by atoms with van der Waals surface area (Å²) in [6, 6.07) is 5.64. The Hall–Kier alpha value is -0.810. The average Bonchev–Trinajstić information content (AvgIpc) is 2.67. The third kappa shape index (κ3) is 6.08. The van der Waals surface area contributed by atoms with Crippen LogP contribution in [0, 0.1) is 11.8 Å². The van der Waals surface area contributed by atoms with E-state index in [0.29, 0.717) is 0 Å². The number of carbonyl (C=O) groups excluding carboxylic acids is 1. The summed E-state index contributed by atoms with van der Waals surface area (Å²) in [6.45, 7) is 5.77. The van der Waals surface area contributed by atoms with Crippen molar-refractivity contribution in [1.82, 2.24) is 15.1 Å². The van der Waals surface area contributed by atoms with Crippen LogP contribution < -0.4 is 5.32 Å². The molecule has 0 bridgehead atoms. The van der Waals surface area contributed by atoms with Gasteiger partial charge in [-0.2, -0.15) is 0 Å². The second-order valence-electron chi connectivity index (χ2n) is 8.08. The minimum Gasteiger partial charge on any atom is -0.356 e. The molecule has 1 amide bonds. The maximum Gasteiger partial charge on any atom is 0.223 e. The summed E-state index contributed by atoms with van der Waals surface area (Å²) in [5.41, 5.74) is 0.988. The standard InChI is InChI=1S/C21H31Cl2N3O/c1-25-11-6-16(7-12-25)5-10-24-21(27)17-8-13-26(14-9-17)15-18-19(22)3-2-4-20(18)23/h2-4,16-17H,5-15H2,1H3,(H,24,27). The van der Waals surface area contributed by atoms with E-state index in [0.717, 1.165) is 67.0 Å². The van der Waals surface area contributed by atoms with Gasteiger partial charge in [-0.25, -0.2) is 0 Å². The summed E-state index contributed by atoms with van der Waals surface area (Å²) < 4.78 is 0. The van der Waals surface area contributed by atoms with Gasteiger partial charge in [0.15, 0.2) is 0 Å². The lowest BCUT2D eigenvalue weighted by Crippen LogP contribution is -2.41. The summed E-state index contributed by atoms with van der Waals surface area (Å²) in [4.78, 5) is 17.2. The van der Waals surface area contributed by atoms with Gasteiger partial charge >= 0.3 is 0 Å². The lowest BCUT2D eigenvalue weighted by Gasteiger charge is -2.32. The molecule has 2 aliphatic heterocycles. The van der Waals surface area contributed by atoms with Gasteiger partial charge < -0.3 is 10.2 Å². The third-order valence-corrected chi connectivity index (χ3v) is 6.80.